The van der Waals surface area contributed by atoms with E-state index in [2.05, 4.69) is 18.1 Å². The molecule has 0 atom stereocenters. The van der Waals surface area contributed by atoms with Crippen LogP contribution in [0, 0.1) is 5.92 Å². The summed E-state index contributed by atoms with van der Waals surface area (Å²) in [7, 11) is 1.97. The van der Waals surface area contributed by atoms with Gasteiger partial charge in [0.15, 0.2) is 0 Å². The van der Waals surface area contributed by atoms with Gasteiger partial charge in [0.1, 0.15) is 5.78 Å². The molecule has 1 aromatic rings. The number of rotatable bonds is 6. The van der Waals surface area contributed by atoms with Crippen LogP contribution in [0.25, 0.3) is 0 Å². The summed E-state index contributed by atoms with van der Waals surface area (Å²) < 4.78 is 1.93. The number of aryl methyl sites for hydroxylation is 3. The molecule has 1 aromatic heterocycles. The van der Waals surface area contributed by atoms with Crippen molar-refractivity contribution in [3.63, 3.8) is 0 Å². The van der Waals surface area contributed by atoms with Crippen LogP contribution in [0.2, 0.25) is 0 Å². The Morgan fingerprint density at radius 2 is 2.19 bits per heavy atom. The molecule has 1 heterocycles. The molecule has 0 amide bonds. The Morgan fingerprint density at radius 3 is 2.69 bits per heavy atom. The molecular weight excluding hydrogens is 200 g/mol. The molecule has 0 spiro atoms. The molecular formula is C13H22N2O. The van der Waals surface area contributed by atoms with Crippen molar-refractivity contribution in [3.05, 3.63) is 17.5 Å². The molecule has 3 heteroatoms. The Hall–Kier alpha value is -1.12. The summed E-state index contributed by atoms with van der Waals surface area (Å²) in [5, 5.41) is 4.39. The maximum atomic E-state index is 11.5. The Bertz CT molecular complexity index is 353. The lowest BCUT2D eigenvalue weighted by atomic mass is 10.0. The number of Topliss-reactive ketones (excluding diaryl/α,β-unsaturated/α-hetero) is 1. The van der Waals surface area contributed by atoms with Gasteiger partial charge in [0.05, 0.1) is 5.69 Å². The lowest BCUT2D eigenvalue weighted by Gasteiger charge is -2.04. The van der Waals surface area contributed by atoms with Crippen LogP contribution in [0.15, 0.2) is 6.07 Å². The molecule has 1 rings (SSSR count). The van der Waals surface area contributed by atoms with Crippen molar-refractivity contribution in [1.29, 1.82) is 0 Å². The predicted octanol–water partition coefficient (Wildman–Crippen LogP) is 2.53. The van der Waals surface area contributed by atoms with Gasteiger partial charge < -0.3 is 0 Å². The smallest absolute Gasteiger partial charge is 0.135 e. The van der Waals surface area contributed by atoms with Gasteiger partial charge in [-0.1, -0.05) is 20.8 Å². The number of ketones is 1. The van der Waals surface area contributed by atoms with Gasteiger partial charge in [-0.05, 0) is 25.3 Å². The molecule has 0 saturated carbocycles. The standard InChI is InChI=1S/C13H22N2O/c1-5-11-9-12(15(4)14-11)7-6-8-13(16)10(2)3/h9-10H,5-8H2,1-4H3. The van der Waals surface area contributed by atoms with Crippen LogP contribution in [-0.2, 0) is 24.7 Å². The van der Waals surface area contributed by atoms with E-state index in [9.17, 15) is 4.79 Å². The second kappa shape index (κ2) is 5.83. The quantitative estimate of drug-likeness (QED) is 0.741. The molecule has 90 valence electrons. The van der Waals surface area contributed by atoms with Crippen LogP contribution < -0.4 is 0 Å². The fraction of sp³-hybridized carbons (Fsp3) is 0.692. The third kappa shape index (κ3) is 3.47. The fourth-order valence-electron chi connectivity index (χ4n) is 1.71. The third-order valence-corrected chi connectivity index (χ3v) is 2.89. The van der Waals surface area contributed by atoms with Gasteiger partial charge in [-0.15, -0.1) is 0 Å². The van der Waals surface area contributed by atoms with Crippen LogP contribution in [0.1, 0.15) is 45.0 Å². The molecule has 0 aromatic carbocycles. The largest absolute Gasteiger partial charge is 0.299 e. The minimum absolute atomic E-state index is 0.165. The zero-order valence-corrected chi connectivity index (χ0v) is 10.8. The Labute approximate surface area is 97.8 Å². The lowest BCUT2D eigenvalue weighted by Crippen LogP contribution is -2.07. The van der Waals surface area contributed by atoms with Crippen molar-refractivity contribution in [1.82, 2.24) is 9.78 Å². The number of hydrogen-bond acceptors (Lipinski definition) is 2. The highest BCUT2D eigenvalue weighted by Crippen LogP contribution is 2.09. The van der Waals surface area contributed by atoms with Crippen molar-refractivity contribution in [3.8, 4) is 0 Å². The van der Waals surface area contributed by atoms with E-state index in [1.807, 2.05) is 25.6 Å². The van der Waals surface area contributed by atoms with E-state index in [1.165, 1.54) is 5.69 Å². The average Bonchev–Trinajstić information content (AvgIpc) is 2.59. The summed E-state index contributed by atoms with van der Waals surface area (Å²) >= 11 is 0. The van der Waals surface area contributed by atoms with Crippen molar-refractivity contribution in [2.75, 3.05) is 0 Å². The van der Waals surface area contributed by atoms with Crippen LogP contribution >= 0.6 is 0 Å². The van der Waals surface area contributed by atoms with E-state index < -0.39 is 0 Å². The first-order valence-electron chi connectivity index (χ1n) is 6.09. The van der Waals surface area contributed by atoms with Gasteiger partial charge >= 0.3 is 0 Å². The molecule has 0 aliphatic heterocycles. The van der Waals surface area contributed by atoms with Gasteiger partial charge in [-0.25, -0.2) is 0 Å². The van der Waals surface area contributed by atoms with E-state index in [-0.39, 0.29) is 5.92 Å². The van der Waals surface area contributed by atoms with Gasteiger partial charge in [-0.3, -0.25) is 9.48 Å². The summed E-state index contributed by atoms with van der Waals surface area (Å²) in [5.41, 5.74) is 2.36. The summed E-state index contributed by atoms with van der Waals surface area (Å²) in [6.45, 7) is 6.03. The highest BCUT2D eigenvalue weighted by Gasteiger charge is 2.08. The second-order valence-corrected chi connectivity index (χ2v) is 4.58. The maximum absolute atomic E-state index is 11.5. The highest BCUT2D eigenvalue weighted by atomic mass is 16.1. The predicted molar refractivity (Wildman–Crippen MR) is 65.4 cm³/mol. The number of carbonyl (C=O) groups excluding carboxylic acids is 1. The first kappa shape index (κ1) is 12.9. The number of carbonyl (C=O) groups is 1. The third-order valence-electron chi connectivity index (χ3n) is 2.89. The zero-order valence-electron chi connectivity index (χ0n) is 10.8. The normalized spacial score (nSPS) is 11.1. The van der Waals surface area contributed by atoms with E-state index in [0.717, 1.165) is 25.0 Å². The number of nitrogens with zero attached hydrogens (tertiary/aromatic N) is 2. The van der Waals surface area contributed by atoms with Crippen LogP contribution in [0.3, 0.4) is 0 Å². The van der Waals surface area contributed by atoms with Crippen LogP contribution in [-0.4, -0.2) is 15.6 Å². The topological polar surface area (TPSA) is 34.9 Å². The Balaban J connectivity index is 2.42. The summed E-state index contributed by atoms with van der Waals surface area (Å²) in [5.74, 6) is 0.524. The highest BCUT2D eigenvalue weighted by molar-refractivity contribution is 5.80. The molecule has 0 radical (unpaired) electrons. The molecule has 3 nitrogen and oxygen atoms in total. The number of hydrogen-bond donors (Lipinski definition) is 0. The van der Waals surface area contributed by atoms with E-state index in [4.69, 9.17) is 0 Å². The van der Waals surface area contributed by atoms with E-state index >= 15 is 0 Å². The minimum Gasteiger partial charge on any atom is -0.299 e. The van der Waals surface area contributed by atoms with Crippen molar-refractivity contribution in [2.45, 2.75) is 46.5 Å². The van der Waals surface area contributed by atoms with Crippen molar-refractivity contribution in [2.24, 2.45) is 13.0 Å². The van der Waals surface area contributed by atoms with Gasteiger partial charge in [0, 0.05) is 25.1 Å². The first-order valence-corrected chi connectivity index (χ1v) is 6.09. The summed E-state index contributed by atoms with van der Waals surface area (Å²) in [6, 6.07) is 2.14. The lowest BCUT2D eigenvalue weighted by molar-refractivity contribution is -0.121. The zero-order chi connectivity index (χ0) is 12.1. The Morgan fingerprint density at radius 1 is 1.50 bits per heavy atom. The van der Waals surface area contributed by atoms with Gasteiger partial charge in [0.2, 0.25) is 0 Å². The van der Waals surface area contributed by atoms with Gasteiger partial charge in [-0.2, -0.15) is 5.10 Å². The SMILES string of the molecule is CCc1cc(CCCC(=O)C(C)C)n(C)n1. The molecule has 0 fully saturated rings. The summed E-state index contributed by atoms with van der Waals surface area (Å²) in [4.78, 5) is 11.5. The van der Waals surface area contributed by atoms with Crippen molar-refractivity contribution < 1.29 is 4.79 Å². The second-order valence-electron chi connectivity index (χ2n) is 4.58. The van der Waals surface area contributed by atoms with Crippen molar-refractivity contribution >= 4 is 5.78 Å². The average molecular weight is 222 g/mol. The van der Waals surface area contributed by atoms with Gasteiger partial charge in [0.25, 0.3) is 0 Å². The van der Waals surface area contributed by atoms with E-state index in [1.54, 1.807) is 0 Å². The first-order chi connectivity index (χ1) is 7.54. The molecule has 16 heavy (non-hydrogen) atoms. The molecule has 0 bridgehead atoms. The van der Waals surface area contributed by atoms with Crippen LogP contribution in [0.5, 0.6) is 0 Å². The molecule has 0 N–H and O–H groups in total. The van der Waals surface area contributed by atoms with Crippen LogP contribution in [0.4, 0.5) is 0 Å². The Kier molecular flexibility index (Phi) is 4.71. The molecule has 0 saturated heterocycles. The maximum Gasteiger partial charge on any atom is 0.135 e. The number of aromatic nitrogens is 2. The molecule has 0 aliphatic rings. The summed E-state index contributed by atoms with van der Waals surface area (Å²) in [6.07, 6.45) is 3.53. The molecule has 0 aliphatic carbocycles. The minimum atomic E-state index is 0.165. The van der Waals surface area contributed by atoms with E-state index in [0.29, 0.717) is 12.2 Å². The fourth-order valence-corrected chi connectivity index (χ4v) is 1.71. The monoisotopic (exact) mass is 222 g/mol. The molecule has 0 unspecified atom stereocenters.